The number of carboxylic acid groups (broad SMARTS) is 1. The number of benzene rings is 1. The number of pyridine rings is 1. The number of rotatable bonds is 11. The molecule has 1 N–H and O–H groups in total. The molecule has 6 nitrogen and oxygen atoms in total. The molecule has 2 heterocycles. The van der Waals surface area contributed by atoms with Crippen LogP contribution in [-0.2, 0) is 19.4 Å². The van der Waals surface area contributed by atoms with Gasteiger partial charge in [0.25, 0.3) is 0 Å². The Morgan fingerprint density at radius 2 is 1.94 bits per heavy atom. The second kappa shape index (κ2) is 10.8. The van der Waals surface area contributed by atoms with Crippen molar-refractivity contribution in [3.63, 3.8) is 0 Å². The lowest BCUT2D eigenvalue weighted by Crippen LogP contribution is -2.07. The van der Waals surface area contributed by atoms with Gasteiger partial charge in [0.15, 0.2) is 5.82 Å². The maximum atomic E-state index is 11.5. The van der Waals surface area contributed by atoms with Crippen molar-refractivity contribution in [3.05, 3.63) is 65.5 Å². The first kappa shape index (κ1) is 22.7. The average molecular weight is 421 g/mol. The van der Waals surface area contributed by atoms with Crippen molar-refractivity contribution in [2.75, 3.05) is 0 Å². The Bertz CT molecular complexity index is 993. The standard InChI is InChI=1S/C25H32N4O2/c1-4-5-8-15-29-24(27-23(28-29)14-11-18(2)3)16-20-13-12-19(17-26-20)21-9-6-7-10-22(21)25(30)31/h6-7,9-10,12-13,17-18H,4-5,8,11,14-16H2,1-3H3,(H,30,31). The Hall–Kier alpha value is -3.02. The van der Waals surface area contributed by atoms with Gasteiger partial charge in [-0.2, -0.15) is 5.10 Å². The van der Waals surface area contributed by atoms with E-state index in [1.54, 1.807) is 18.3 Å². The second-order valence-corrected chi connectivity index (χ2v) is 8.37. The molecule has 0 saturated carbocycles. The minimum Gasteiger partial charge on any atom is -0.478 e. The molecule has 0 atom stereocenters. The fourth-order valence-electron chi connectivity index (χ4n) is 3.54. The normalized spacial score (nSPS) is 11.2. The predicted molar refractivity (Wildman–Crippen MR) is 122 cm³/mol. The summed E-state index contributed by atoms with van der Waals surface area (Å²) in [5, 5.41) is 14.2. The molecule has 164 valence electrons. The van der Waals surface area contributed by atoms with Gasteiger partial charge in [-0.25, -0.2) is 14.5 Å². The molecule has 0 aliphatic rings. The van der Waals surface area contributed by atoms with Gasteiger partial charge in [-0.1, -0.05) is 57.9 Å². The summed E-state index contributed by atoms with van der Waals surface area (Å²) in [6, 6.07) is 10.9. The highest BCUT2D eigenvalue weighted by Crippen LogP contribution is 2.23. The summed E-state index contributed by atoms with van der Waals surface area (Å²) in [7, 11) is 0. The maximum Gasteiger partial charge on any atom is 0.336 e. The van der Waals surface area contributed by atoms with Crippen LogP contribution in [0.15, 0.2) is 42.6 Å². The molecular weight excluding hydrogens is 388 g/mol. The molecule has 6 heteroatoms. The Balaban J connectivity index is 1.79. The van der Waals surface area contributed by atoms with Crippen molar-refractivity contribution >= 4 is 5.97 Å². The van der Waals surface area contributed by atoms with E-state index in [4.69, 9.17) is 10.1 Å². The van der Waals surface area contributed by atoms with Gasteiger partial charge in [-0.05, 0) is 36.5 Å². The molecule has 0 fully saturated rings. The largest absolute Gasteiger partial charge is 0.478 e. The van der Waals surface area contributed by atoms with E-state index in [2.05, 4.69) is 25.8 Å². The van der Waals surface area contributed by atoms with Gasteiger partial charge < -0.3 is 5.11 Å². The molecule has 0 spiro atoms. The van der Waals surface area contributed by atoms with Crippen LogP contribution in [0.25, 0.3) is 11.1 Å². The van der Waals surface area contributed by atoms with E-state index in [1.165, 1.54) is 12.8 Å². The summed E-state index contributed by atoms with van der Waals surface area (Å²) >= 11 is 0. The Kier molecular flexibility index (Phi) is 7.93. The van der Waals surface area contributed by atoms with Crippen molar-refractivity contribution in [3.8, 4) is 11.1 Å². The number of hydrogen-bond donors (Lipinski definition) is 1. The van der Waals surface area contributed by atoms with E-state index < -0.39 is 5.97 Å². The molecule has 0 saturated heterocycles. The van der Waals surface area contributed by atoms with Crippen molar-refractivity contribution in [2.24, 2.45) is 5.92 Å². The van der Waals surface area contributed by atoms with Gasteiger partial charge in [0.1, 0.15) is 5.82 Å². The highest BCUT2D eigenvalue weighted by molar-refractivity contribution is 5.95. The third kappa shape index (κ3) is 6.23. The van der Waals surface area contributed by atoms with Gasteiger partial charge in [0, 0.05) is 36.8 Å². The van der Waals surface area contributed by atoms with Crippen LogP contribution >= 0.6 is 0 Å². The molecule has 1 aromatic carbocycles. The van der Waals surface area contributed by atoms with Gasteiger partial charge in [0.2, 0.25) is 0 Å². The number of hydrogen-bond acceptors (Lipinski definition) is 4. The predicted octanol–water partition coefficient (Wildman–Crippen LogP) is 5.41. The van der Waals surface area contributed by atoms with Crippen molar-refractivity contribution in [2.45, 2.75) is 65.8 Å². The molecule has 0 aliphatic heterocycles. The molecule has 2 aromatic heterocycles. The van der Waals surface area contributed by atoms with Crippen molar-refractivity contribution < 1.29 is 9.90 Å². The Morgan fingerprint density at radius 1 is 1.13 bits per heavy atom. The molecule has 0 bridgehead atoms. The zero-order valence-corrected chi connectivity index (χ0v) is 18.7. The lowest BCUT2D eigenvalue weighted by atomic mass is 10.0. The third-order valence-electron chi connectivity index (χ3n) is 5.34. The van der Waals surface area contributed by atoms with E-state index in [9.17, 15) is 9.90 Å². The number of nitrogens with zero attached hydrogens (tertiary/aromatic N) is 4. The zero-order chi connectivity index (χ0) is 22.2. The van der Waals surface area contributed by atoms with Gasteiger partial charge in [0.05, 0.1) is 5.56 Å². The number of carbonyl (C=O) groups is 1. The highest BCUT2D eigenvalue weighted by Gasteiger charge is 2.14. The highest BCUT2D eigenvalue weighted by atomic mass is 16.4. The van der Waals surface area contributed by atoms with Gasteiger partial charge in [-0.3, -0.25) is 4.98 Å². The van der Waals surface area contributed by atoms with Crippen LogP contribution in [-0.4, -0.2) is 30.8 Å². The minimum absolute atomic E-state index is 0.280. The Labute approximate surface area is 184 Å². The SMILES string of the molecule is CCCCCn1nc(CCC(C)C)nc1Cc1ccc(-c2ccccc2C(=O)O)cn1. The average Bonchev–Trinajstić information content (AvgIpc) is 3.14. The molecule has 0 radical (unpaired) electrons. The first-order valence-corrected chi connectivity index (χ1v) is 11.2. The summed E-state index contributed by atoms with van der Waals surface area (Å²) in [6.45, 7) is 7.51. The van der Waals surface area contributed by atoms with Crippen LogP contribution in [0.2, 0.25) is 0 Å². The van der Waals surface area contributed by atoms with Crippen LogP contribution in [0.5, 0.6) is 0 Å². The monoisotopic (exact) mass is 420 g/mol. The molecule has 3 aromatic rings. The summed E-state index contributed by atoms with van der Waals surface area (Å²) in [5.41, 5.74) is 2.65. The smallest absolute Gasteiger partial charge is 0.336 e. The molecule has 3 rings (SSSR count). The quantitative estimate of drug-likeness (QED) is 0.420. The van der Waals surface area contributed by atoms with Crippen LogP contribution in [0, 0.1) is 5.92 Å². The summed E-state index contributed by atoms with van der Waals surface area (Å²) in [6.07, 6.45) is 7.77. The van der Waals surface area contributed by atoms with Gasteiger partial charge in [-0.15, -0.1) is 0 Å². The number of aromatic carboxylic acids is 1. The summed E-state index contributed by atoms with van der Waals surface area (Å²) in [5.74, 6) is 1.54. The molecule has 31 heavy (non-hydrogen) atoms. The van der Waals surface area contributed by atoms with E-state index in [-0.39, 0.29) is 5.56 Å². The number of aromatic nitrogens is 4. The third-order valence-corrected chi connectivity index (χ3v) is 5.34. The first-order chi connectivity index (χ1) is 15.0. The fraction of sp³-hybridized carbons (Fsp3) is 0.440. The van der Waals surface area contributed by atoms with E-state index in [0.717, 1.165) is 48.7 Å². The van der Waals surface area contributed by atoms with E-state index in [0.29, 0.717) is 17.9 Å². The molecular formula is C25H32N4O2. The molecule has 0 unspecified atom stereocenters. The van der Waals surface area contributed by atoms with Crippen molar-refractivity contribution in [1.29, 1.82) is 0 Å². The first-order valence-electron chi connectivity index (χ1n) is 11.2. The summed E-state index contributed by atoms with van der Waals surface area (Å²) in [4.78, 5) is 20.9. The van der Waals surface area contributed by atoms with Crippen molar-refractivity contribution in [1.82, 2.24) is 19.7 Å². The number of carboxylic acids is 1. The summed E-state index contributed by atoms with van der Waals surface area (Å²) < 4.78 is 2.04. The topological polar surface area (TPSA) is 80.9 Å². The van der Waals surface area contributed by atoms with E-state index in [1.807, 2.05) is 28.9 Å². The Morgan fingerprint density at radius 3 is 2.61 bits per heavy atom. The van der Waals surface area contributed by atoms with E-state index >= 15 is 0 Å². The number of aryl methyl sites for hydroxylation is 2. The van der Waals surface area contributed by atoms with Crippen LogP contribution in [0.4, 0.5) is 0 Å². The maximum absolute atomic E-state index is 11.5. The lowest BCUT2D eigenvalue weighted by Gasteiger charge is -2.08. The number of unbranched alkanes of at least 4 members (excludes halogenated alkanes) is 2. The van der Waals surface area contributed by atoms with Crippen LogP contribution < -0.4 is 0 Å². The van der Waals surface area contributed by atoms with Crippen LogP contribution in [0.3, 0.4) is 0 Å². The minimum atomic E-state index is -0.936. The lowest BCUT2D eigenvalue weighted by molar-refractivity contribution is 0.0697. The van der Waals surface area contributed by atoms with Crippen LogP contribution in [0.1, 0.15) is 74.2 Å². The molecule has 0 amide bonds. The van der Waals surface area contributed by atoms with Gasteiger partial charge >= 0.3 is 5.97 Å². The fourth-order valence-corrected chi connectivity index (χ4v) is 3.54. The zero-order valence-electron chi connectivity index (χ0n) is 18.7. The second-order valence-electron chi connectivity index (χ2n) is 8.37. The molecule has 0 aliphatic carbocycles.